The SMILES string of the molecule is CCCCNC(=O)CCCCCN(CO)C(N)=NC(C)(CCCC)CCCC. The van der Waals surface area contributed by atoms with Gasteiger partial charge in [-0.2, -0.15) is 0 Å². The number of amides is 1. The van der Waals surface area contributed by atoms with Gasteiger partial charge in [0.2, 0.25) is 5.91 Å². The molecule has 0 rings (SSSR count). The van der Waals surface area contributed by atoms with Crippen LogP contribution in [0.25, 0.3) is 0 Å². The van der Waals surface area contributed by atoms with E-state index in [9.17, 15) is 9.90 Å². The Morgan fingerprint density at radius 3 is 2.14 bits per heavy atom. The molecule has 0 aromatic rings. The van der Waals surface area contributed by atoms with Crippen molar-refractivity contribution in [1.82, 2.24) is 10.2 Å². The molecule has 0 aliphatic heterocycles. The molecule has 6 heteroatoms. The Bertz CT molecular complexity index is 419. The van der Waals surface area contributed by atoms with E-state index in [0.717, 1.165) is 77.2 Å². The molecule has 0 atom stereocenters. The first-order chi connectivity index (χ1) is 13.4. The summed E-state index contributed by atoms with van der Waals surface area (Å²) >= 11 is 0. The third-order valence-corrected chi connectivity index (χ3v) is 5.20. The molecule has 0 saturated carbocycles. The largest absolute Gasteiger partial charge is 0.376 e. The van der Waals surface area contributed by atoms with Gasteiger partial charge in [0.25, 0.3) is 0 Å². The molecule has 0 bridgehead atoms. The lowest BCUT2D eigenvalue weighted by Gasteiger charge is -2.29. The fourth-order valence-corrected chi connectivity index (χ4v) is 3.21. The van der Waals surface area contributed by atoms with Gasteiger partial charge in [0.1, 0.15) is 6.73 Å². The molecule has 1 amide bonds. The highest BCUT2D eigenvalue weighted by Gasteiger charge is 2.23. The van der Waals surface area contributed by atoms with Crippen LogP contribution in [0.15, 0.2) is 4.99 Å². The molecule has 6 nitrogen and oxygen atoms in total. The summed E-state index contributed by atoms with van der Waals surface area (Å²) in [4.78, 5) is 18.3. The van der Waals surface area contributed by atoms with E-state index in [-0.39, 0.29) is 18.2 Å². The zero-order valence-corrected chi connectivity index (χ0v) is 18.9. The Balaban J connectivity index is 4.42. The number of nitrogens with one attached hydrogen (secondary N) is 1. The Morgan fingerprint density at radius 2 is 1.61 bits per heavy atom. The third-order valence-electron chi connectivity index (χ3n) is 5.20. The lowest BCUT2D eigenvalue weighted by atomic mass is 9.90. The van der Waals surface area contributed by atoms with E-state index >= 15 is 0 Å². The van der Waals surface area contributed by atoms with Gasteiger partial charge in [-0.15, -0.1) is 0 Å². The van der Waals surface area contributed by atoms with Gasteiger partial charge in [0.05, 0.1) is 5.54 Å². The molecule has 0 spiro atoms. The molecular formula is C22H46N4O2. The van der Waals surface area contributed by atoms with Crippen LogP contribution in [0.1, 0.15) is 105 Å². The minimum Gasteiger partial charge on any atom is -0.376 e. The smallest absolute Gasteiger partial charge is 0.219 e. The van der Waals surface area contributed by atoms with E-state index in [1.54, 1.807) is 4.90 Å². The highest BCUT2D eigenvalue weighted by atomic mass is 16.3. The number of aliphatic hydroxyl groups excluding tert-OH is 1. The average molecular weight is 399 g/mol. The van der Waals surface area contributed by atoms with E-state index in [1.807, 2.05) is 0 Å². The lowest BCUT2D eigenvalue weighted by molar-refractivity contribution is -0.121. The summed E-state index contributed by atoms with van der Waals surface area (Å²) in [5.74, 6) is 0.575. The van der Waals surface area contributed by atoms with Crippen molar-refractivity contribution in [3.63, 3.8) is 0 Å². The number of unbranched alkanes of at least 4 members (excludes halogenated alkanes) is 5. The van der Waals surface area contributed by atoms with Gasteiger partial charge in [0, 0.05) is 19.5 Å². The average Bonchev–Trinajstić information content (AvgIpc) is 2.67. The second-order valence-electron chi connectivity index (χ2n) is 8.09. The molecular weight excluding hydrogens is 352 g/mol. The summed E-state index contributed by atoms with van der Waals surface area (Å²) in [7, 11) is 0. The Labute approximate surface area is 173 Å². The van der Waals surface area contributed by atoms with Crippen molar-refractivity contribution in [2.75, 3.05) is 19.8 Å². The standard InChI is InChI=1S/C22H46N4O2/c1-5-8-15-22(4,16-9-6-2)25-21(23)26(19-27)18-13-11-12-14-20(28)24-17-10-7-3/h27H,5-19H2,1-4H3,(H2,23,25)(H,24,28). The van der Waals surface area contributed by atoms with Crippen molar-refractivity contribution in [2.24, 2.45) is 10.7 Å². The van der Waals surface area contributed by atoms with Crippen LogP contribution >= 0.6 is 0 Å². The maximum atomic E-state index is 11.7. The second kappa shape index (κ2) is 16.6. The summed E-state index contributed by atoms with van der Waals surface area (Å²) in [6, 6.07) is 0. The van der Waals surface area contributed by atoms with Crippen molar-refractivity contribution in [3.8, 4) is 0 Å². The number of hydrogen-bond acceptors (Lipinski definition) is 3. The molecule has 0 aliphatic carbocycles. The highest BCUT2D eigenvalue weighted by molar-refractivity contribution is 5.78. The molecule has 0 aliphatic rings. The zero-order chi connectivity index (χ0) is 21.3. The number of carbonyl (C=O) groups excluding carboxylic acids is 1. The van der Waals surface area contributed by atoms with Crippen molar-refractivity contribution in [1.29, 1.82) is 0 Å². The van der Waals surface area contributed by atoms with Crippen LogP contribution in [0.2, 0.25) is 0 Å². The fraction of sp³-hybridized carbons (Fsp3) is 0.909. The summed E-state index contributed by atoms with van der Waals surface area (Å²) in [6.45, 7) is 10.00. The molecule has 0 aromatic carbocycles. The van der Waals surface area contributed by atoms with Crippen LogP contribution in [0.4, 0.5) is 0 Å². The number of carbonyl (C=O) groups is 1. The molecule has 0 fully saturated rings. The Morgan fingerprint density at radius 1 is 1.00 bits per heavy atom. The topological polar surface area (TPSA) is 91.0 Å². The van der Waals surface area contributed by atoms with Crippen molar-refractivity contribution in [2.45, 2.75) is 110 Å². The predicted molar refractivity (Wildman–Crippen MR) is 119 cm³/mol. The van der Waals surface area contributed by atoms with Crippen LogP contribution in [-0.4, -0.2) is 47.2 Å². The van der Waals surface area contributed by atoms with Gasteiger partial charge in [-0.3, -0.25) is 4.79 Å². The highest BCUT2D eigenvalue weighted by Crippen LogP contribution is 2.25. The number of nitrogens with zero attached hydrogens (tertiary/aromatic N) is 2. The van der Waals surface area contributed by atoms with Crippen molar-refractivity contribution in [3.05, 3.63) is 0 Å². The van der Waals surface area contributed by atoms with Crippen molar-refractivity contribution < 1.29 is 9.90 Å². The van der Waals surface area contributed by atoms with Crippen LogP contribution in [-0.2, 0) is 4.79 Å². The Kier molecular flexibility index (Phi) is 15.9. The summed E-state index contributed by atoms with van der Waals surface area (Å²) in [5.41, 5.74) is 6.09. The van der Waals surface area contributed by atoms with Crippen LogP contribution in [0.5, 0.6) is 0 Å². The zero-order valence-electron chi connectivity index (χ0n) is 18.9. The monoisotopic (exact) mass is 398 g/mol. The van der Waals surface area contributed by atoms with Gasteiger partial charge in [-0.05, 0) is 39.0 Å². The van der Waals surface area contributed by atoms with Gasteiger partial charge in [0.15, 0.2) is 5.96 Å². The molecule has 0 radical (unpaired) electrons. The van der Waals surface area contributed by atoms with Crippen molar-refractivity contribution >= 4 is 11.9 Å². The van der Waals surface area contributed by atoms with Gasteiger partial charge in [-0.25, -0.2) is 4.99 Å². The van der Waals surface area contributed by atoms with Gasteiger partial charge < -0.3 is 21.1 Å². The van der Waals surface area contributed by atoms with Crippen LogP contribution in [0, 0.1) is 0 Å². The van der Waals surface area contributed by atoms with E-state index in [4.69, 9.17) is 10.7 Å². The number of aliphatic hydroxyl groups is 1. The van der Waals surface area contributed by atoms with Gasteiger partial charge >= 0.3 is 0 Å². The first-order valence-corrected chi connectivity index (χ1v) is 11.4. The van der Waals surface area contributed by atoms with E-state index in [2.05, 4.69) is 33.0 Å². The maximum absolute atomic E-state index is 11.7. The molecule has 28 heavy (non-hydrogen) atoms. The summed E-state index contributed by atoms with van der Waals surface area (Å²) in [5, 5.41) is 12.7. The second-order valence-corrected chi connectivity index (χ2v) is 8.09. The summed E-state index contributed by atoms with van der Waals surface area (Å²) < 4.78 is 0. The third kappa shape index (κ3) is 13.0. The fourth-order valence-electron chi connectivity index (χ4n) is 3.21. The minimum absolute atomic E-state index is 0.121. The number of guanidine groups is 1. The van der Waals surface area contributed by atoms with E-state index in [1.165, 1.54) is 0 Å². The maximum Gasteiger partial charge on any atom is 0.219 e. The molecule has 166 valence electrons. The molecule has 0 heterocycles. The minimum atomic E-state index is -0.153. The lowest BCUT2D eigenvalue weighted by Crippen LogP contribution is -2.41. The predicted octanol–water partition coefficient (Wildman–Crippen LogP) is 4.17. The number of nitrogens with two attached hydrogens (primary N) is 1. The van der Waals surface area contributed by atoms with Gasteiger partial charge in [-0.1, -0.05) is 59.3 Å². The van der Waals surface area contributed by atoms with Crippen LogP contribution < -0.4 is 11.1 Å². The summed E-state index contributed by atoms with van der Waals surface area (Å²) in [6.07, 6.45) is 12.0. The van der Waals surface area contributed by atoms with Crippen LogP contribution in [0.3, 0.4) is 0 Å². The molecule has 0 aromatic heterocycles. The number of hydrogen-bond donors (Lipinski definition) is 3. The van der Waals surface area contributed by atoms with E-state index < -0.39 is 0 Å². The molecule has 0 saturated heterocycles. The quantitative estimate of drug-likeness (QED) is 0.148. The Hall–Kier alpha value is -1.30. The molecule has 0 unspecified atom stereocenters. The van der Waals surface area contributed by atoms with E-state index in [0.29, 0.717) is 18.9 Å². The number of rotatable bonds is 17. The molecule has 4 N–H and O–H groups in total. The normalized spacial score (nSPS) is 12.2. The first-order valence-electron chi connectivity index (χ1n) is 11.4. The number of aliphatic imine (C=N–C) groups is 1. The first kappa shape index (κ1) is 26.7.